The lowest BCUT2D eigenvalue weighted by molar-refractivity contribution is -0.144. The van der Waals surface area contributed by atoms with Gasteiger partial charge in [0.05, 0.1) is 13.2 Å². The van der Waals surface area contributed by atoms with Gasteiger partial charge in [-0.2, -0.15) is 0 Å². The van der Waals surface area contributed by atoms with Gasteiger partial charge in [0, 0.05) is 41.1 Å². The number of ether oxygens (including phenoxy) is 2. The molecule has 1 amide bonds. The molecule has 3 N–H and O–H groups in total. The van der Waals surface area contributed by atoms with Crippen LogP contribution in [0.2, 0.25) is 5.02 Å². The van der Waals surface area contributed by atoms with E-state index in [1.165, 1.54) is 34.4 Å². The quantitative estimate of drug-likeness (QED) is 0.0914. The molecule has 0 unspecified atom stereocenters. The number of carboxylic acids is 1. The number of halogens is 1. The average molecular weight is 792 g/mol. The van der Waals surface area contributed by atoms with Crippen LogP contribution in [-0.4, -0.2) is 47.3 Å². The predicted molar refractivity (Wildman–Crippen MR) is 227 cm³/mol. The largest absolute Gasteiger partial charge is 0.494 e. The first kappa shape index (κ1) is 40.6. The fourth-order valence-corrected chi connectivity index (χ4v) is 10.0. The molecule has 8 nitrogen and oxygen atoms in total. The van der Waals surface area contributed by atoms with Crippen molar-refractivity contribution in [2.24, 2.45) is 11.8 Å². The minimum atomic E-state index is -1.09. The number of hydrogen-bond donors (Lipinski definition) is 3. The van der Waals surface area contributed by atoms with Gasteiger partial charge in [-0.25, -0.2) is 4.79 Å². The van der Waals surface area contributed by atoms with Crippen molar-refractivity contribution in [1.29, 1.82) is 0 Å². The van der Waals surface area contributed by atoms with E-state index in [-0.39, 0.29) is 11.3 Å². The van der Waals surface area contributed by atoms with Gasteiger partial charge in [-0.3, -0.25) is 9.78 Å². The van der Waals surface area contributed by atoms with E-state index in [2.05, 4.69) is 59.8 Å². The molecular formula is C48H58ClN3O5. The van der Waals surface area contributed by atoms with Gasteiger partial charge >= 0.3 is 5.97 Å². The van der Waals surface area contributed by atoms with Crippen molar-refractivity contribution in [2.75, 3.05) is 25.1 Å². The summed E-state index contributed by atoms with van der Waals surface area (Å²) in [6.45, 7) is 6.26. The van der Waals surface area contributed by atoms with E-state index in [0.717, 1.165) is 68.6 Å². The van der Waals surface area contributed by atoms with Gasteiger partial charge in [-0.15, -0.1) is 0 Å². The van der Waals surface area contributed by atoms with E-state index in [4.69, 9.17) is 21.1 Å². The fourth-order valence-electron chi connectivity index (χ4n) is 9.84. The number of aryl methyl sites for hydroxylation is 2. The van der Waals surface area contributed by atoms with Gasteiger partial charge in [-0.05, 0) is 153 Å². The number of amides is 1. The summed E-state index contributed by atoms with van der Waals surface area (Å²) in [5.41, 5.74) is 5.78. The summed E-state index contributed by atoms with van der Waals surface area (Å²) in [4.78, 5) is 30.2. The number of hydrogen-bond acceptors (Lipinski definition) is 6. The first-order valence-electron chi connectivity index (χ1n) is 21.1. The Hall–Kier alpha value is -4.56. The summed E-state index contributed by atoms with van der Waals surface area (Å²) in [7, 11) is 0. The van der Waals surface area contributed by atoms with Crippen LogP contribution in [0.15, 0.2) is 85.1 Å². The summed E-state index contributed by atoms with van der Waals surface area (Å²) in [6, 6.07) is 26.1. The third-order valence-electron chi connectivity index (χ3n) is 12.9. The third-order valence-corrected chi connectivity index (χ3v) is 13.1. The minimum absolute atomic E-state index is 0.0744. The SMILES string of the molecule is C[C@@H](COc1ccnc2c1[C@H](C)CCC2)C[C@H]1Cc2ccc(OCCCNC(=O)CCCc3ccccc3)cc2C12CCC(Nc1cccc(Cl)c1)(C(=O)O)CC2. The van der Waals surface area contributed by atoms with Crippen LogP contribution in [0.1, 0.15) is 112 Å². The fraction of sp³-hybridized carbons (Fsp3) is 0.479. The van der Waals surface area contributed by atoms with E-state index in [1.807, 2.05) is 42.6 Å². The zero-order chi connectivity index (χ0) is 39.8. The summed E-state index contributed by atoms with van der Waals surface area (Å²) < 4.78 is 12.9. The van der Waals surface area contributed by atoms with Crippen LogP contribution < -0.4 is 20.1 Å². The molecule has 3 aromatic carbocycles. The second-order valence-electron chi connectivity index (χ2n) is 16.9. The molecule has 7 rings (SSSR count). The van der Waals surface area contributed by atoms with E-state index in [1.54, 1.807) is 12.1 Å². The van der Waals surface area contributed by atoms with Crippen molar-refractivity contribution in [2.45, 2.75) is 114 Å². The Morgan fingerprint density at radius 3 is 2.60 bits per heavy atom. The molecule has 0 radical (unpaired) electrons. The molecule has 0 saturated heterocycles. The van der Waals surface area contributed by atoms with Gasteiger partial charge in [0.25, 0.3) is 0 Å². The molecule has 0 bridgehead atoms. The number of carbonyl (C=O) groups is 2. The smallest absolute Gasteiger partial charge is 0.329 e. The summed E-state index contributed by atoms with van der Waals surface area (Å²) in [5.74, 6) is 2.12. The monoisotopic (exact) mass is 791 g/mol. The van der Waals surface area contributed by atoms with Gasteiger partial charge in [0.1, 0.15) is 17.0 Å². The van der Waals surface area contributed by atoms with Crippen molar-refractivity contribution in [3.05, 3.63) is 118 Å². The maximum absolute atomic E-state index is 13.0. The molecule has 3 aliphatic carbocycles. The van der Waals surface area contributed by atoms with E-state index >= 15 is 0 Å². The van der Waals surface area contributed by atoms with Gasteiger partial charge < -0.3 is 25.2 Å². The Balaban J connectivity index is 1.01. The molecule has 3 aliphatic rings. The molecule has 0 aliphatic heterocycles. The van der Waals surface area contributed by atoms with Crippen LogP contribution in [0.3, 0.4) is 0 Å². The zero-order valence-electron chi connectivity index (χ0n) is 33.5. The van der Waals surface area contributed by atoms with Crippen LogP contribution >= 0.6 is 11.6 Å². The summed E-state index contributed by atoms with van der Waals surface area (Å²) in [5, 5.41) is 17.7. The highest BCUT2D eigenvalue weighted by atomic mass is 35.5. The number of carboxylic acid groups (broad SMARTS) is 1. The molecule has 1 fully saturated rings. The second kappa shape index (κ2) is 18.4. The number of aliphatic carboxylic acids is 1. The first-order valence-corrected chi connectivity index (χ1v) is 21.5. The van der Waals surface area contributed by atoms with Crippen molar-refractivity contribution in [1.82, 2.24) is 10.3 Å². The molecule has 4 aromatic rings. The zero-order valence-corrected chi connectivity index (χ0v) is 34.3. The highest BCUT2D eigenvalue weighted by molar-refractivity contribution is 6.30. The average Bonchev–Trinajstić information content (AvgIpc) is 3.49. The van der Waals surface area contributed by atoms with Crippen LogP contribution in [0.4, 0.5) is 5.69 Å². The topological polar surface area (TPSA) is 110 Å². The molecule has 302 valence electrons. The molecule has 1 heterocycles. The normalized spacial score (nSPS) is 22.9. The van der Waals surface area contributed by atoms with Crippen LogP contribution in [-0.2, 0) is 34.3 Å². The number of fused-ring (bicyclic) bond motifs is 3. The molecule has 1 saturated carbocycles. The van der Waals surface area contributed by atoms with Crippen molar-refractivity contribution < 1.29 is 24.2 Å². The molecule has 9 heteroatoms. The molecule has 1 aromatic heterocycles. The maximum atomic E-state index is 13.0. The molecule has 57 heavy (non-hydrogen) atoms. The Morgan fingerprint density at radius 1 is 0.982 bits per heavy atom. The Morgan fingerprint density at radius 2 is 1.81 bits per heavy atom. The number of benzene rings is 3. The summed E-state index contributed by atoms with van der Waals surface area (Å²) in [6.07, 6.45) is 12.6. The van der Waals surface area contributed by atoms with Crippen LogP contribution in [0.5, 0.6) is 11.5 Å². The van der Waals surface area contributed by atoms with Crippen molar-refractivity contribution in [3.8, 4) is 11.5 Å². The standard InChI is InChI=1S/C48H58ClN3O5/c1-33(32-57-43-20-26-50-42-16-6-10-34(2)45(42)43)28-37-29-36-18-19-40(56-27-9-25-51-44(53)17-7-13-35-11-4-3-5-12-35)31-41(36)47(37)21-23-48(24-22-47,46(54)55)52-39-15-8-14-38(49)30-39/h3-5,8,11-12,14-15,18-20,26,30-31,33-34,37,52H,6-7,9-10,13,16-17,21-25,27-29,32H2,1-2H3,(H,51,53)(H,54,55)/t33-,34-,37+,47?,48?/m1/s1. The number of carbonyl (C=O) groups excluding carboxylic acids is 1. The van der Waals surface area contributed by atoms with E-state index in [9.17, 15) is 14.7 Å². The second-order valence-corrected chi connectivity index (χ2v) is 17.3. The molecule has 1 spiro atoms. The first-order chi connectivity index (χ1) is 27.6. The lowest BCUT2D eigenvalue weighted by atomic mass is 9.59. The van der Waals surface area contributed by atoms with Gasteiger partial charge in [-0.1, -0.05) is 67.9 Å². The number of aromatic nitrogens is 1. The summed E-state index contributed by atoms with van der Waals surface area (Å²) >= 11 is 6.31. The minimum Gasteiger partial charge on any atom is -0.494 e. The number of nitrogens with zero attached hydrogens (tertiary/aromatic N) is 1. The molecular weight excluding hydrogens is 734 g/mol. The van der Waals surface area contributed by atoms with Crippen molar-refractivity contribution >= 4 is 29.2 Å². The molecule has 3 atom stereocenters. The van der Waals surface area contributed by atoms with Crippen molar-refractivity contribution in [3.63, 3.8) is 0 Å². The lowest BCUT2D eigenvalue weighted by Crippen LogP contribution is -2.53. The number of rotatable bonds is 17. The number of anilines is 1. The van der Waals surface area contributed by atoms with E-state index < -0.39 is 11.5 Å². The Labute approximate surface area is 343 Å². The number of pyridine rings is 1. The Kier molecular flexibility index (Phi) is 13.1. The van der Waals surface area contributed by atoms with Gasteiger partial charge in [0.15, 0.2) is 0 Å². The predicted octanol–water partition coefficient (Wildman–Crippen LogP) is 10.1. The number of nitrogens with one attached hydrogen (secondary N) is 2. The third kappa shape index (κ3) is 9.60. The van der Waals surface area contributed by atoms with Crippen LogP contribution in [0, 0.1) is 11.8 Å². The highest BCUT2D eigenvalue weighted by Crippen LogP contribution is 2.57. The maximum Gasteiger partial charge on any atom is 0.329 e. The van der Waals surface area contributed by atoms with Crippen LogP contribution in [0.25, 0.3) is 0 Å². The highest BCUT2D eigenvalue weighted by Gasteiger charge is 2.54. The van der Waals surface area contributed by atoms with Gasteiger partial charge in [0.2, 0.25) is 5.91 Å². The van der Waals surface area contributed by atoms with E-state index in [0.29, 0.717) is 68.2 Å². The lowest BCUT2D eigenvalue weighted by Gasteiger charge is -2.47. The Bertz CT molecular complexity index is 2000.